The molecule has 0 saturated carbocycles. The molecule has 0 radical (unpaired) electrons. The maximum atomic E-state index is 12.3. The Balaban J connectivity index is 1.63. The zero-order chi connectivity index (χ0) is 14.8. The van der Waals surface area contributed by atoms with Crippen molar-refractivity contribution in [3.8, 4) is 0 Å². The summed E-state index contributed by atoms with van der Waals surface area (Å²) in [5.41, 5.74) is 2.04. The van der Waals surface area contributed by atoms with Crippen LogP contribution in [0.4, 0.5) is 5.69 Å². The number of nitrogens with one attached hydrogen (secondary N) is 2. The van der Waals surface area contributed by atoms with Crippen LogP contribution in [0.15, 0.2) is 24.3 Å². The summed E-state index contributed by atoms with van der Waals surface area (Å²) in [5.74, 6) is -0.199. The average Bonchev–Trinajstić information content (AvgIpc) is 3.09. The summed E-state index contributed by atoms with van der Waals surface area (Å²) in [6.45, 7) is 4.27. The molecule has 2 aliphatic heterocycles. The minimum absolute atomic E-state index is 0.00617. The molecule has 0 aromatic heterocycles. The van der Waals surface area contributed by atoms with E-state index >= 15 is 0 Å². The highest BCUT2D eigenvalue weighted by Crippen LogP contribution is 2.25. The lowest BCUT2D eigenvalue weighted by Crippen LogP contribution is -2.40. The molecule has 5 nitrogen and oxygen atoms in total. The van der Waals surface area contributed by atoms with E-state index in [0.717, 1.165) is 30.8 Å². The van der Waals surface area contributed by atoms with Crippen LogP contribution in [0.25, 0.3) is 0 Å². The fraction of sp³-hybridized carbons (Fsp3) is 0.500. The first-order chi connectivity index (χ1) is 10.1. The fourth-order valence-electron chi connectivity index (χ4n) is 2.95. The summed E-state index contributed by atoms with van der Waals surface area (Å²) >= 11 is 0. The molecular formula is C16H21N3O2. The van der Waals surface area contributed by atoms with Gasteiger partial charge in [0.2, 0.25) is 11.8 Å². The van der Waals surface area contributed by atoms with E-state index in [2.05, 4.69) is 10.6 Å². The van der Waals surface area contributed by atoms with Gasteiger partial charge in [0.25, 0.3) is 0 Å². The summed E-state index contributed by atoms with van der Waals surface area (Å²) in [6.07, 6.45) is 1.27. The van der Waals surface area contributed by atoms with Gasteiger partial charge in [-0.25, -0.2) is 0 Å². The number of amides is 2. The second-order valence-corrected chi connectivity index (χ2v) is 5.94. The van der Waals surface area contributed by atoms with Crippen molar-refractivity contribution in [1.29, 1.82) is 0 Å². The Labute approximate surface area is 124 Å². The molecule has 2 amide bonds. The molecule has 2 fully saturated rings. The number of rotatable bonds is 3. The maximum Gasteiger partial charge on any atom is 0.227 e. The van der Waals surface area contributed by atoms with Gasteiger partial charge in [-0.3, -0.25) is 9.59 Å². The van der Waals surface area contributed by atoms with Crippen LogP contribution in [0.3, 0.4) is 0 Å². The standard InChI is InChI=1S/C16H21N3O2/c1-11-2-4-14(5-3-11)19-10-12(8-15(19)20)16(21)18-13-6-7-17-9-13/h2-5,12-13,17H,6-10H2,1H3,(H,18,21). The molecule has 21 heavy (non-hydrogen) atoms. The van der Waals surface area contributed by atoms with E-state index in [1.165, 1.54) is 0 Å². The van der Waals surface area contributed by atoms with Crippen LogP contribution in [-0.2, 0) is 9.59 Å². The van der Waals surface area contributed by atoms with Crippen molar-refractivity contribution in [2.24, 2.45) is 5.92 Å². The van der Waals surface area contributed by atoms with Crippen molar-refractivity contribution in [2.45, 2.75) is 25.8 Å². The predicted molar refractivity (Wildman–Crippen MR) is 81.1 cm³/mol. The fourth-order valence-corrected chi connectivity index (χ4v) is 2.95. The topological polar surface area (TPSA) is 61.4 Å². The van der Waals surface area contributed by atoms with Gasteiger partial charge < -0.3 is 15.5 Å². The molecule has 2 atom stereocenters. The molecule has 1 aromatic carbocycles. The van der Waals surface area contributed by atoms with E-state index < -0.39 is 0 Å². The first-order valence-electron chi connectivity index (χ1n) is 7.51. The minimum atomic E-state index is -0.237. The van der Waals surface area contributed by atoms with Crippen molar-refractivity contribution in [1.82, 2.24) is 10.6 Å². The monoisotopic (exact) mass is 287 g/mol. The molecule has 5 heteroatoms. The molecule has 1 aromatic rings. The van der Waals surface area contributed by atoms with Crippen LogP contribution in [0.2, 0.25) is 0 Å². The lowest BCUT2D eigenvalue weighted by molar-refractivity contribution is -0.126. The molecule has 2 N–H and O–H groups in total. The molecule has 2 heterocycles. The predicted octanol–water partition coefficient (Wildman–Crippen LogP) is 0.826. The van der Waals surface area contributed by atoms with Gasteiger partial charge in [0.05, 0.1) is 5.92 Å². The first-order valence-corrected chi connectivity index (χ1v) is 7.51. The van der Waals surface area contributed by atoms with Crippen LogP contribution in [-0.4, -0.2) is 37.5 Å². The number of nitrogens with zero attached hydrogens (tertiary/aromatic N) is 1. The van der Waals surface area contributed by atoms with Gasteiger partial charge >= 0.3 is 0 Å². The zero-order valence-corrected chi connectivity index (χ0v) is 12.3. The van der Waals surface area contributed by atoms with Gasteiger partial charge in [-0.05, 0) is 32.0 Å². The third-order valence-corrected chi connectivity index (χ3v) is 4.25. The van der Waals surface area contributed by atoms with Gasteiger partial charge in [-0.15, -0.1) is 0 Å². The van der Waals surface area contributed by atoms with Crippen molar-refractivity contribution in [3.63, 3.8) is 0 Å². The highest BCUT2D eigenvalue weighted by atomic mass is 16.2. The molecular weight excluding hydrogens is 266 g/mol. The van der Waals surface area contributed by atoms with Gasteiger partial charge in [-0.2, -0.15) is 0 Å². The highest BCUT2D eigenvalue weighted by molar-refractivity contribution is 6.00. The van der Waals surface area contributed by atoms with E-state index in [1.807, 2.05) is 31.2 Å². The molecule has 2 aliphatic rings. The Bertz CT molecular complexity index is 535. The normalized spacial score (nSPS) is 25.4. The van der Waals surface area contributed by atoms with Gasteiger partial charge in [-0.1, -0.05) is 17.7 Å². The largest absolute Gasteiger partial charge is 0.352 e. The van der Waals surface area contributed by atoms with Gasteiger partial charge in [0.1, 0.15) is 0 Å². The van der Waals surface area contributed by atoms with Crippen molar-refractivity contribution >= 4 is 17.5 Å². The number of benzene rings is 1. The summed E-state index contributed by atoms with van der Waals surface area (Å²) in [5, 5.41) is 6.27. The molecule has 0 spiro atoms. The Morgan fingerprint density at radius 2 is 2.10 bits per heavy atom. The van der Waals surface area contributed by atoms with Crippen molar-refractivity contribution < 1.29 is 9.59 Å². The number of carbonyl (C=O) groups excluding carboxylic acids is 2. The lowest BCUT2D eigenvalue weighted by atomic mass is 10.1. The summed E-state index contributed by atoms with van der Waals surface area (Å²) in [6, 6.07) is 8.06. The zero-order valence-electron chi connectivity index (χ0n) is 12.3. The number of hydrogen-bond donors (Lipinski definition) is 2. The number of hydrogen-bond acceptors (Lipinski definition) is 3. The van der Waals surface area contributed by atoms with E-state index in [9.17, 15) is 9.59 Å². The first kappa shape index (κ1) is 14.1. The van der Waals surface area contributed by atoms with E-state index in [0.29, 0.717) is 13.0 Å². The minimum Gasteiger partial charge on any atom is -0.352 e. The second-order valence-electron chi connectivity index (χ2n) is 5.94. The third kappa shape index (κ3) is 3.08. The van der Waals surface area contributed by atoms with Crippen LogP contribution >= 0.6 is 0 Å². The smallest absolute Gasteiger partial charge is 0.227 e. The highest BCUT2D eigenvalue weighted by Gasteiger charge is 2.35. The quantitative estimate of drug-likeness (QED) is 0.865. The molecule has 2 saturated heterocycles. The molecule has 3 rings (SSSR count). The van der Waals surface area contributed by atoms with E-state index in [1.54, 1.807) is 4.90 Å². The van der Waals surface area contributed by atoms with E-state index in [4.69, 9.17) is 0 Å². The Morgan fingerprint density at radius 1 is 1.33 bits per heavy atom. The third-order valence-electron chi connectivity index (χ3n) is 4.25. The van der Waals surface area contributed by atoms with Crippen LogP contribution < -0.4 is 15.5 Å². The Morgan fingerprint density at radius 3 is 2.76 bits per heavy atom. The second kappa shape index (κ2) is 5.85. The maximum absolute atomic E-state index is 12.3. The summed E-state index contributed by atoms with van der Waals surface area (Å²) in [4.78, 5) is 26.1. The lowest BCUT2D eigenvalue weighted by Gasteiger charge is -2.18. The van der Waals surface area contributed by atoms with Crippen molar-refractivity contribution in [3.05, 3.63) is 29.8 Å². The van der Waals surface area contributed by atoms with E-state index in [-0.39, 0.29) is 23.8 Å². The molecule has 0 bridgehead atoms. The summed E-state index contributed by atoms with van der Waals surface area (Å²) < 4.78 is 0. The van der Waals surface area contributed by atoms with Gasteiger partial charge in [0, 0.05) is 31.2 Å². The van der Waals surface area contributed by atoms with Crippen LogP contribution in [0.1, 0.15) is 18.4 Å². The Hall–Kier alpha value is -1.88. The molecule has 2 unspecified atom stereocenters. The van der Waals surface area contributed by atoms with Crippen molar-refractivity contribution in [2.75, 3.05) is 24.5 Å². The molecule has 112 valence electrons. The number of anilines is 1. The van der Waals surface area contributed by atoms with Gasteiger partial charge in [0.15, 0.2) is 0 Å². The molecule has 0 aliphatic carbocycles. The van der Waals surface area contributed by atoms with Crippen LogP contribution in [0, 0.1) is 12.8 Å². The van der Waals surface area contributed by atoms with Crippen LogP contribution in [0.5, 0.6) is 0 Å². The Kier molecular flexibility index (Phi) is 3.92. The summed E-state index contributed by atoms with van der Waals surface area (Å²) in [7, 11) is 0. The number of carbonyl (C=O) groups is 2. The average molecular weight is 287 g/mol. The number of aryl methyl sites for hydroxylation is 1. The SMILES string of the molecule is Cc1ccc(N2CC(C(=O)NC3CCNC3)CC2=O)cc1.